The van der Waals surface area contributed by atoms with E-state index in [0.717, 1.165) is 5.56 Å². The third kappa shape index (κ3) is 2.17. The number of fused-ring (bicyclic) bond motifs is 1. The fourth-order valence-electron chi connectivity index (χ4n) is 1.96. The topological polar surface area (TPSA) is 55.4 Å². The smallest absolute Gasteiger partial charge is 0.240 e. The summed E-state index contributed by atoms with van der Waals surface area (Å²) >= 11 is 0. The monoisotopic (exact) mass is 255 g/mol. The zero-order valence-electron chi connectivity index (χ0n) is 10.3. The van der Waals surface area contributed by atoms with Crippen molar-refractivity contribution in [2.24, 2.45) is 0 Å². The molecule has 1 aromatic rings. The van der Waals surface area contributed by atoms with Crippen molar-refractivity contribution in [1.29, 1.82) is 0 Å². The summed E-state index contributed by atoms with van der Waals surface area (Å²) in [5.41, 5.74) is 1.02. The molecule has 0 radical (unpaired) electrons. The molecule has 1 aromatic carbocycles. The van der Waals surface area contributed by atoms with Crippen LogP contribution in [0.3, 0.4) is 0 Å². The molecule has 1 heterocycles. The fraction of sp³-hybridized carbons (Fsp3) is 0.500. The maximum absolute atomic E-state index is 11.8. The number of benzene rings is 1. The Hall–Kier alpha value is -1.07. The van der Waals surface area contributed by atoms with Crippen LogP contribution < -0.4 is 9.46 Å². The van der Waals surface area contributed by atoms with Crippen LogP contribution in [0.5, 0.6) is 5.75 Å². The number of hydrogen-bond acceptors (Lipinski definition) is 3. The van der Waals surface area contributed by atoms with Crippen LogP contribution in [0.4, 0.5) is 0 Å². The first-order valence-corrected chi connectivity index (χ1v) is 7.12. The molecule has 5 heteroatoms. The zero-order valence-corrected chi connectivity index (χ0v) is 11.1. The molecule has 0 atom stereocenters. The van der Waals surface area contributed by atoms with E-state index in [1.807, 2.05) is 6.07 Å². The fourth-order valence-corrected chi connectivity index (χ4v) is 3.01. The minimum absolute atomic E-state index is 0.0458. The molecule has 1 N–H and O–H groups in total. The van der Waals surface area contributed by atoms with Crippen LogP contribution in [0.2, 0.25) is 0 Å². The first kappa shape index (κ1) is 12.4. The van der Waals surface area contributed by atoms with Gasteiger partial charge in [0.1, 0.15) is 5.75 Å². The van der Waals surface area contributed by atoms with Crippen molar-refractivity contribution < 1.29 is 13.2 Å². The minimum Gasteiger partial charge on any atom is -0.492 e. The van der Waals surface area contributed by atoms with Crippen LogP contribution in [-0.4, -0.2) is 21.6 Å². The van der Waals surface area contributed by atoms with E-state index in [-0.39, 0.29) is 10.3 Å². The molecule has 4 nitrogen and oxygen atoms in total. The van der Waals surface area contributed by atoms with Gasteiger partial charge in [0, 0.05) is 23.6 Å². The molecule has 0 saturated heterocycles. The number of nitrogens with one attached hydrogen (secondary N) is 1. The molecule has 0 amide bonds. The van der Waals surface area contributed by atoms with Crippen molar-refractivity contribution in [2.75, 3.05) is 13.2 Å². The van der Waals surface area contributed by atoms with E-state index in [0.29, 0.717) is 18.9 Å². The van der Waals surface area contributed by atoms with Gasteiger partial charge in [-0.2, -0.15) is 0 Å². The Morgan fingerprint density at radius 2 is 2.12 bits per heavy atom. The highest BCUT2D eigenvalue weighted by Crippen LogP contribution is 2.39. The molecular weight excluding hydrogens is 238 g/mol. The normalized spacial score (nSPS) is 17.6. The van der Waals surface area contributed by atoms with Gasteiger partial charge in [0.05, 0.1) is 11.5 Å². The maximum Gasteiger partial charge on any atom is 0.240 e. The van der Waals surface area contributed by atoms with E-state index in [1.54, 1.807) is 19.1 Å². The number of sulfonamides is 1. The Morgan fingerprint density at radius 3 is 2.76 bits per heavy atom. The number of hydrogen-bond donors (Lipinski definition) is 1. The quantitative estimate of drug-likeness (QED) is 0.893. The van der Waals surface area contributed by atoms with Gasteiger partial charge in [0.25, 0.3) is 0 Å². The van der Waals surface area contributed by atoms with Crippen LogP contribution in [0.15, 0.2) is 23.1 Å². The third-order valence-electron chi connectivity index (χ3n) is 2.92. The van der Waals surface area contributed by atoms with E-state index in [2.05, 4.69) is 18.6 Å². The van der Waals surface area contributed by atoms with Gasteiger partial charge >= 0.3 is 0 Å². The largest absolute Gasteiger partial charge is 0.492 e. The third-order valence-corrected chi connectivity index (χ3v) is 4.46. The zero-order chi connectivity index (χ0) is 12.7. The van der Waals surface area contributed by atoms with Gasteiger partial charge in [-0.25, -0.2) is 13.1 Å². The van der Waals surface area contributed by atoms with Crippen LogP contribution in [0.25, 0.3) is 0 Å². The lowest BCUT2D eigenvalue weighted by molar-refractivity contribution is 0.290. The van der Waals surface area contributed by atoms with Gasteiger partial charge in [0.15, 0.2) is 0 Å². The summed E-state index contributed by atoms with van der Waals surface area (Å²) in [6.45, 7) is 6.89. The van der Waals surface area contributed by atoms with Crippen molar-refractivity contribution in [2.45, 2.75) is 31.1 Å². The van der Waals surface area contributed by atoms with Crippen LogP contribution in [-0.2, 0) is 15.4 Å². The van der Waals surface area contributed by atoms with Crippen molar-refractivity contribution in [3.05, 3.63) is 23.8 Å². The second-order valence-corrected chi connectivity index (χ2v) is 6.60. The lowest BCUT2D eigenvalue weighted by Crippen LogP contribution is -2.23. The summed E-state index contributed by atoms with van der Waals surface area (Å²) in [6.07, 6.45) is 0. The Bertz CT molecular complexity index is 535. The molecule has 0 spiro atoms. The molecule has 1 aliphatic heterocycles. The summed E-state index contributed by atoms with van der Waals surface area (Å²) in [5, 5.41) is 0. The highest BCUT2D eigenvalue weighted by molar-refractivity contribution is 7.89. The molecule has 2 rings (SSSR count). The SMILES string of the molecule is CCNS(=O)(=O)c1ccc2c(c1)OCC2(C)C. The second-order valence-electron chi connectivity index (χ2n) is 4.83. The van der Waals surface area contributed by atoms with E-state index >= 15 is 0 Å². The van der Waals surface area contributed by atoms with Crippen molar-refractivity contribution in [3.8, 4) is 5.75 Å². The summed E-state index contributed by atoms with van der Waals surface area (Å²) < 4.78 is 31.7. The molecule has 0 bridgehead atoms. The van der Waals surface area contributed by atoms with E-state index in [9.17, 15) is 8.42 Å². The van der Waals surface area contributed by atoms with Crippen molar-refractivity contribution >= 4 is 10.0 Å². The summed E-state index contributed by atoms with van der Waals surface area (Å²) in [6, 6.07) is 5.07. The summed E-state index contributed by atoms with van der Waals surface area (Å²) in [4.78, 5) is 0.260. The molecular formula is C12H17NO3S. The first-order chi connectivity index (χ1) is 7.87. The minimum atomic E-state index is -3.40. The molecule has 94 valence electrons. The molecule has 0 unspecified atom stereocenters. The molecule has 1 aliphatic rings. The van der Waals surface area contributed by atoms with Crippen LogP contribution >= 0.6 is 0 Å². The average Bonchev–Trinajstić information content (AvgIpc) is 2.55. The van der Waals surface area contributed by atoms with E-state index in [1.165, 1.54) is 0 Å². The molecule has 0 aromatic heterocycles. The number of ether oxygens (including phenoxy) is 1. The van der Waals surface area contributed by atoms with Crippen molar-refractivity contribution in [1.82, 2.24) is 4.72 Å². The van der Waals surface area contributed by atoms with Crippen LogP contribution in [0, 0.1) is 0 Å². The Balaban J connectivity index is 2.44. The standard InChI is InChI=1S/C12H17NO3S/c1-4-13-17(14,15)9-5-6-10-11(7-9)16-8-12(10,2)3/h5-7,13H,4,8H2,1-3H3. The number of rotatable bonds is 3. The maximum atomic E-state index is 11.8. The lowest BCUT2D eigenvalue weighted by Gasteiger charge is -2.15. The van der Waals surface area contributed by atoms with E-state index in [4.69, 9.17) is 4.74 Å². The molecule has 0 aliphatic carbocycles. The Morgan fingerprint density at radius 1 is 1.41 bits per heavy atom. The van der Waals surface area contributed by atoms with E-state index < -0.39 is 10.0 Å². The molecule has 17 heavy (non-hydrogen) atoms. The van der Waals surface area contributed by atoms with Gasteiger partial charge in [-0.3, -0.25) is 0 Å². The summed E-state index contributed by atoms with van der Waals surface area (Å²) in [5.74, 6) is 0.675. The van der Waals surface area contributed by atoms with Gasteiger partial charge < -0.3 is 4.74 Å². The van der Waals surface area contributed by atoms with Gasteiger partial charge in [-0.15, -0.1) is 0 Å². The second kappa shape index (κ2) is 3.99. The summed E-state index contributed by atoms with van der Waals surface area (Å²) in [7, 11) is -3.40. The highest BCUT2D eigenvalue weighted by atomic mass is 32.2. The average molecular weight is 255 g/mol. The first-order valence-electron chi connectivity index (χ1n) is 5.64. The van der Waals surface area contributed by atoms with Gasteiger partial charge in [-0.05, 0) is 6.07 Å². The lowest BCUT2D eigenvalue weighted by atomic mass is 9.87. The van der Waals surface area contributed by atoms with Gasteiger partial charge in [-0.1, -0.05) is 26.8 Å². The highest BCUT2D eigenvalue weighted by Gasteiger charge is 2.32. The van der Waals surface area contributed by atoms with Crippen molar-refractivity contribution in [3.63, 3.8) is 0 Å². The Kier molecular flexibility index (Phi) is 2.91. The molecule has 0 fully saturated rings. The van der Waals surface area contributed by atoms with Gasteiger partial charge in [0.2, 0.25) is 10.0 Å². The predicted octanol–water partition coefficient (Wildman–Crippen LogP) is 1.65. The Labute approximate surface area is 102 Å². The molecule has 0 saturated carbocycles. The predicted molar refractivity (Wildman–Crippen MR) is 65.8 cm³/mol. The van der Waals surface area contributed by atoms with Crippen LogP contribution in [0.1, 0.15) is 26.3 Å².